The van der Waals surface area contributed by atoms with E-state index in [9.17, 15) is 0 Å². The van der Waals surface area contributed by atoms with Crippen LogP contribution in [0.1, 0.15) is 56.6 Å². The zero-order valence-electron chi connectivity index (χ0n) is 12.7. The molecule has 0 aliphatic heterocycles. The summed E-state index contributed by atoms with van der Waals surface area (Å²) >= 11 is 0. The second-order valence-electron chi connectivity index (χ2n) is 5.74. The van der Waals surface area contributed by atoms with E-state index in [2.05, 4.69) is 6.07 Å². The van der Waals surface area contributed by atoms with Gasteiger partial charge in [0, 0.05) is 17.7 Å². The summed E-state index contributed by atoms with van der Waals surface area (Å²) in [4.78, 5) is 0. The van der Waals surface area contributed by atoms with Crippen molar-refractivity contribution in [3.05, 3.63) is 23.8 Å². The Hall–Kier alpha value is -1.22. The van der Waals surface area contributed by atoms with Gasteiger partial charge in [0.05, 0.1) is 14.2 Å². The quantitative estimate of drug-likeness (QED) is 0.902. The van der Waals surface area contributed by atoms with Gasteiger partial charge in [-0.25, -0.2) is 0 Å². The van der Waals surface area contributed by atoms with Crippen molar-refractivity contribution in [1.82, 2.24) is 0 Å². The molecule has 0 spiro atoms. The smallest absolute Gasteiger partial charge is 0.127 e. The number of nitrogens with two attached hydrogens (primary N) is 1. The maximum absolute atomic E-state index is 6.54. The Labute approximate surface area is 122 Å². The van der Waals surface area contributed by atoms with E-state index in [4.69, 9.17) is 15.2 Å². The fourth-order valence-electron chi connectivity index (χ4n) is 3.19. The van der Waals surface area contributed by atoms with Crippen molar-refractivity contribution in [1.29, 1.82) is 0 Å². The van der Waals surface area contributed by atoms with Crippen molar-refractivity contribution in [2.45, 2.75) is 51.0 Å². The molecule has 0 aromatic heterocycles. The number of ether oxygens (including phenoxy) is 2. The van der Waals surface area contributed by atoms with Crippen LogP contribution in [0.5, 0.6) is 11.5 Å². The third-order valence-corrected chi connectivity index (χ3v) is 4.46. The topological polar surface area (TPSA) is 44.5 Å². The molecule has 0 heterocycles. The molecule has 2 N–H and O–H groups in total. The normalized spacial score (nSPS) is 18.9. The van der Waals surface area contributed by atoms with Gasteiger partial charge < -0.3 is 15.2 Å². The van der Waals surface area contributed by atoms with Gasteiger partial charge in [-0.3, -0.25) is 0 Å². The average molecular weight is 277 g/mol. The van der Waals surface area contributed by atoms with Crippen LogP contribution >= 0.6 is 0 Å². The highest BCUT2D eigenvalue weighted by molar-refractivity contribution is 5.42. The third kappa shape index (κ3) is 3.66. The molecule has 0 radical (unpaired) electrons. The molecule has 1 aromatic carbocycles. The van der Waals surface area contributed by atoms with Gasteiger partial charge in [0.2, 0.25) is 0 Å². The molecule has 3 nitrogen and oxygen atoms in total. The maximum Gasteiger partial charge on any atom is 0.127 e. The first-order valence-corrected chi connectivity index (χ1v) is 7.73. The van der Waals surface area contributed by atoms with Crippen LogP contribution < -0.4 is 15.2 Å². The summed E-state index contributed by atoms with van der Waals surface area (Å²) < 4.78 is 10.7. The highest BCUT2D eigenvalue weighted by atomic mass is 16.5. The van der Waals surface area contributed by atoms with Crippen molar-refractivity contribution < 1.29 is 9.47 Å². The molecule has 1 aromatic rings. The minimum atomic E-state index is 0.0638. The van der Waals surface area contributed by atoms with Gasteiger partial charge in [-0.1, -0.05) is 38.2 Å². The number of hydrogen-bond donors (Lipinski definition) is 1. The summed E-state index contributed by atoms with van der Waals surface area (Å²) in [6, 6.07) is 6.02. The molecule has 20 heavy (non-hydrogen) atoms. The molecule has 1 atom stereocenters. The van der Waals surface area contributed by atoms with E-state index in [1.54, 1.807) is 14.2 Å². The molecule has 0 saturated heterocycles. The first-order chi connectivity index (χ1) is 9.76. The summed E-state index contributed by atoms with van der Waals surface area (Å²) in [6.45, 7) is 0. The standard InChI is InChI=1S/C17H27NO2/c1-19-14-10-11-15(16(12-14)20-2)17(18)13-8-6-4-3-5-7-9-13/h10-13,17H,3-9,18H2,1-2H3. The third-order valence-electron chi connectivity index (χ3n) is 4.46. The van der Waals surface area contributed by atoms with E-state index in [-0.39, 0.29) is 6.04 Å². The van der Waals surface area contributed by atoms with E-state index in [0.29, 0.717) is 5.92 Å². The first kappa shape index (κ1) is 15.2. The molecule has 2 rings (SSSR count). The van der Waals surface area contributed by atoms with Gasteiger partial charge >= 0.3 is 0 Å². The summed E-state index contributed by atoms with van der Waals surface area (Å²) in [5.41, 5.74) is 7.65. The molecule has 3 heteroatoms. The van der Waals surface area contributed by atoms with Gasteiger partial charge in [-0.2, -0.15) is 0 Å². The summed E-state index contributed by atoms with van der Waals surface area (Å²) in [6.07, 6.45) is 9.15. The van der Waals surface area contributed by atoms with E-state index in [1.807, 2.05) is 12.1 Å². The molecule has 1 unspecified atom stereocenters. The largest absolute Gasteiger partial charge is 0.497 e. The van der Waals surface area contributed by atoms with Crippen LogP contribution in [0.25, 0.3) is 0 Å². The highest BCUT2D eigenvalue weighted by Gasteiger charge is 2.23. The van der Waals surface area contributed by atoms with Gasteiger partial charge in [-0.15, -0.1) is 0 Å². The lowest BCUT2D eigenvalue weighted by molar-refractivity contribution is 0.317. The predicted octanol–water partition coefficient (Wildman–Crippen LogP) is 4.06. The second kappa shape index (κ2) is 7.53. The molecule has 1 aliphatic carbocycles. The predicted molar refractivity (Wildman–Crippen MR) is 82.3 cm³/mol. The van der Waals surface area contributed by atoms with Gasteiger partial charge in [0.15, 0.2) is 0 Å². The molecule has 1 fully saturated rings. The van der Waals surface area contributed by atoms with Crippen molar-refractivity contribution in [2.75, 3.05) is 14.2 Å². The fraction of sp³-hybridized carbons (Fsp3) is 0.647. The molecule has 1 aliphatic rings. The Morgan fingerprint density at radius 2 is 1.65 bits per heavy atom. The second-order valence-corrected chi connectivity index (χ2v) is 5.74. The number of methoxy groups -OCH3 is 2. The Kier molecular flexibility index (Phi) is 5.72. The molecule has 0 bridgehead atoms. The minimum absolute atomic E-state index is 0.0638. The van der Waals surface area contributed by atoms with Crippen LogP contribution in [0.3, 0.4) is 0 Å². The lowest BCUT2D eigenvalue weighted by Crippen LogP contribution is -2.23. The van der Waals surface area contributed by atoms with Crippen LogP contribution in [-0.2, 0) is 0 Å². The van der Waals surface area contributed by atoms with Crippen LogP contribution in [0.2, 0.25) is 0 Å². The molecule has 0 amide bonds. The SMILES string of the molecule is COc1ccc(C(N)C2CCCCCCC2)c(OC)c1. The van der Waals surface area contributed by atoms with E-state index >= 15 is 0 Å². The molecule has 112 valence electrons. The summed E-state index contributed by atoms with van der Waals surface area (Å²) in [7, 11) is 3.37. The van der Waals surface area contributed by atoms with Gasteiger partial charge in [-0.05, 0) is 24.8 Å². The first-order valence-electron chi connectivity index (χ1n) is 7.73. The molecular formula is C17H27NO2. The van der Waals surface area contributed by atoms with Crippen LogP contribution in [0, 0.1) is 5.92 Å². The van der Waals surface area contributed by atoms with Crippen molar-refractivity contribution in [3.63, 3.8) is 0 Å². The zero-order valence-corrected chi connectivity index (χ0v) is 12.7. The van der Waals surface area contributed by atoms with E-state index in [0.717, 1.165) is 17.1 Å². The number of benzene rings is 1. The van der Waals surface area contributed by atoms with Crippen molar-refractivity contribution in [3.8, 4) is 11.5 Å². The zero-order chi connectivity index (χ0) is 14.4. The lowest BCUT2D eigenvalue weighted by atomic mass is 9.83. The summed E-state index contributed by atoms with van der Waals surface area (Å²) in [5.74, 6) is 2.23. The Bertz CT molecular complexity index is 411. The van der Waals surface area contributed by atoms with Crippen LogP contribution in [0.15, 0.2) is 18.2 Å². The number of rotatable bonds is 4. The van der Waals surface area contributed by atoms with Crippen molar-refractivity contribution in [2.24, 2.45) is 11.7 Å². The lowest BCUT2D eigenvalue weighted by Gasteiger charge is -2.27. The summed E-state index contributed by atoms with van der Waals surface area (Å²) in [5, 5.41) is 0. The fourth-order valence-corrected chi connectivity index (χ4v) is 3.19. The Morgan fingerprint density at radius 3 is 2.25 bits per heavy atom. The molecular weight excluding hydrogens is 250 g/mol. The van der Waals surface area contributed by atoms with Crippen molar-refractivity contribution >= 4 is 0 Å². The van der Waals surface area contributed by atoms with E-state index < -0.39 is 0 Å². The van der Waals surface area contributed by atoms with Crippen LogP contribution in [-0.4, -0.2) is 14.2 Å². The van der Waals surface area contributed by atoms with Gasteiger partial charge in [0.25, 0.3) is 0 Å². The average Bonchev–Trinajstić information content (AvgIpc) is 2.45. The number of hydrogen-bond acceptors (Lipinski definition) is 3. The van der Waals surface area contributed by atoms with Gasteiger partial charge in [0.1, 0.15) is 11.5 Å². The maximum atomic E-state index is 6.54. The highest BCUT2D eigenvalue weighted by Crippen LogP contribution is 2.36. The Balaban J connectivity index is 2.15. The monoisotopic (exact) mass is 277 g/mol. The minimum Gasteiger partial charge on any atom is -0.497 e. The Morgan fingerprint density at radius 1 is 1.00 bits per heavy atom. The van der Waals surface area contributed by atoms with E-state index in [1.165, 1.54) is 44.9 Å². The van der Waals surface area contributed by atoms with Crippen LogP contribution in [0.4, 0.5) is 0 Å². The molecule has 1 saturated carbocycles.